The number of rotatable bonds is 6. The molecule has 10 heteroatoms. The molecule has 1 heterocycles. The lowest BCUT2D eigenvalue weighted by Gasteiger charge is -2.20. The molecule has 0 bridgehead atoms. The van der Waals surface area contributed by atoms with Crippen molar-refractivity contribution in [2.24, 2.45) is 0 Å². The molecule has 0 aliphatic heterocycles. The Hall–Kier alpha value is -2.13. The van der Waals surface area contributed by atoms with E-state index in [1.807, 2.05) is 0 Å². The summed E-state index contributed by atoms with van der Waals surface area (Å²) in [5, 5.41) is 13.9. The number of hydrogen-bond donors (Lipinski definition) is 1. The van der Waals surface area contributed by atoms with Crippen molar-refractivity contribution in [2.45, 2.75) is 26.4 Å². The highest BCUT2D eigenvalue weighted by Crippen LogP contribution is 2.30. The van der Waals surface area contributed by atoms with Crippen molar-refractivity contribution < 1.29 is 18.1 Å². The van der Waals surface area contributed by atoms with E-state index in [-0.39, 0.29) is 23.1 Å². The molecule has 1 N–H and O–H groups in total. The molecule has 1 rings (SSSR count). The van der Waals surface area contributed by atoms with E-state index in [1.54, 1.807) is 6.92 Å². The van der Waals surface area contributed by atoms with Crippen LogP contribution in [0.4, 0.5) is 30.6 Å². The molecule has 0 saturated heterocycles. The SMILES string of the molecule is CCNc1nc(C)c([N+](=O)[O-])c(N(C)CCC(F)(F)F)n1. The van der Waals surface area contributed by atoms with Gasteiger partial charge in [0, 0.05) is 20.1 Å². The van der Waals surface area contributed by atoms with Gasteiger partial charge in [-0.3, -0.25) is 10.1 Å². The number of halogens is 3. The number of nitrogens with one attached hydrogen (secondary N) is 1. The molecular weight excluding hydrogens is 291 g/mol. The molecule has 21 heavy (non-hydrogen) atoms. The van der Waals surface area contributed by atoms with E-state index in [2.05, 4.69) is 15.3 Å². The van der Waals surface area contributed by atoms with Gasteiger partial charge in [-0.25, -0.2) is 4.98 Å². The third-order valence-corrected chi connectivity index (χ3v) is 2.65. The Morgan fingerprint density at radius 3 is 2.48 bits per heavy atom. The highest BCUT2D eigenvalue weighted by atomic mass is 19.4. The van der Waals surface area contributed by atoms with Gasteiger partial charge in [0.1, 0.15) is 5.69 Å². The number of nitrogens with zero attached hydrogens (tertiary/aromatic N) is 4. The van der Waals surface area contributed by atoms with Gasteiger partial charge in [-0.05, 0) is 13.8 Å². The van der Waals surface area contributed by atoms with Crippen LogP contribution in [0, 0.1) is 17.0 Å². The predicted molar refractivity (Wildman–Crippen MR) is 71.5 cm³/mol. The Bertz CT molecular complexity index is 521. The molecule has 7 nitrogen and oxygen atoms in total. The highest BCUT2D eigenvalue weighted by Gasteiger charge is 2.30. The predicted octanol–water partition coefficient (Wildman–Crippen LogP) is 2.51. The molecule has 1 aromatic rings. The van der Waals surface area contributed by atoms with Crippen LogP contribution in [0.1, 0.15) is 19.0 Å². The van der Waals surface area contributed by atoms with Gasteiger partial charge in [0.15, 0.2) is 0 Å². The third kappa shape index (κ3) is 4.72. The van der Waals surface area contributed by atoms with E-state index in [0.29, 0.717) is 6.54 Å². The highest BCUT2D eigenvalue weighted by molar-refractivity contribution is 5.62. The zero-order valence-corrected chi connectivity index (χ0v) is 11.9. The molecule has 0 aliphatic rings. The van der Waals surface area contributed by atoms with Crippen molar-refractivity contribution >= 4 is 17.5 Å². The van der Waals surface area contributed by atoms with Gasteiger partial charge in [-0.15, -0.1) is 0 Å². The number of hydrogen-bond acceptors (Lipinski definition) is 6. The summed E-state index contributed by atoms with van der Waals surface area (Å²) in [7, 11) is 1.33. The lowest BCUT2D eigenvalue weighted by atomic mass is 10.3. The smallest absolute Gasteiger partial charge is 0.354 e. The Balaban J connectivity index is 3.14. The minimum absolute atomic E-state index is 0.0970. The first-order valence-electron chi connectivity index (χ1n) is 6.20. The second-order valence-corrected chi connectivity index (χ2v) is 4.38. The van der Waals surface area contributed by atoms with E-state index in [0.717, 1.165) is 4.90 Å². The fourth-order valence-corrected chi connectivity index (χ4v) is 1.67. The van der Waals surface area contributed by atoms with Gasteiger partial charge < -0.3 is 10.2 Å². The van der Waals surface area contributed by atoms with Crippen LogP contribution in [0.3, 0.4) is 0 Å². The van der Waals surface area contributed by atoms with E-state index < -0.39 is 24.1 Å². The molecule has 0 aliphatic carbocycles. The number of nitro groups is 1. The molecular formula is C11H16F3N5O2. The number of anilines is 2. The summed E-state index contributed by atoms with van der Waals surface area (Å²) in [5.41, 5.74) is -0.291. The van der Waals surface area contributed by atoms with Gasteiger partial charge in [-0.2, -0.15) is 18.2 Å². The number of aromatic nitrogens is 2. The molecule has 0 aromatic carbocycles. The molecule has 0 fully saturated rings. The minimum Gasteiger partial charge on any atom is -0.354 e. The van der Waals surface area contributed by atoms with Crippen LogP contribution < -0.4 is 10.2 Å². The van der Waals surface area contributed by atoms with Crippen molar-refractivity contribution in [3.63, 3.8) is 0 Å². The lowest BCUT2D eigenvalue weighted by Crippen LogP contribution is -2.26. The summed E-state index contributed by atoms with van der Waals surface area (Å²) in [4.78, 5) is 19.4. The molecule has 0 radical (unpaired) electrons. The summed E-state index contributed by atoms with van der Waals surface area (Å²) in [5.74, 6) is 0.0159. The summed E-state index contributed by atoms with van der Waals surface area (Å²) in [6.07, 6.45) is -5.42. The van der Waals surface area contributed by atoms with Gasteiger partial charge >= 0.3 is 11.9 Å². The summed E-state index contributed by atoms with van der Waals surface area (Å²) < 4.78 is 36.8. The van der Waals surface area contributed by atoms with E-state index in [9.17, 15) is 23.3 Å². The molecule has 0 unspecified atom stereocenters. The minimum atomic E-state index is -4.34. The van der Waals surface area contributed by atoms with Crippen molar-refractivity contribution in [2.75, 3.05) is 30.4 Å². The fraction of sp³-hybridized carbons (Fsp3) is 0.636. The quantitative estimate of drug-likeness (QED) is 0.642. The first kappa shape index (κ1) is 16.9. The Kier molecular flexibility index (Phi) is 5.28. The van der Waals surface area contributed by atoms with Crippen molar-refractivity contribution in [1.29, 1.82) is 0 Å². The molecule has 1 aromatic heterocycles. The molecule has 0 atom stereocenters. The van der Waals surface area contributed by atoms with Gasteiger partial charge in [-0.1, -0.05) is 0 Å². The van der Waals surface area contributed by atoms with Crippen molar-refractivity contribution in [3.05, 3.63) is 15.8 Å². The standard InChI is InChI=1S/C11H16F3N5O2/c1-4-15-10-16-7(2)8(19(20)21)9(17-10)18(3)6-5-11(12,13)14/h4-6H2,1-3H3,(H,15,16,17). The first-order chi connectivity index (χ1) is 9.65. The second kappa shape index (κ2) is 6.55. The molecule has 0 saturated carbocycles. The van der Waals surface area contributed by atoms with E-state index >= 15 is 0 Å². The van der Waals surface area contributed by atoms with E-state index in [1.165, 1.54) is 14.0 Å². The number of aryl methyl sites for hydroxylation is 1. The van der Waals surface area contributed by atoms with Crippen LogP contribution in [-0.4, -0.2) is 41.2 Å². The summed E-state index contributed by atoms with van der Waals surface area (Å²) in [6, 6.07) is 0. The maximum absolute atomic E-state index is 12.3. The average molecular weight is 307 g/mol. The lowest BCUT2D eigenvalue weighted by molar-refractivity contribution is -0.385. The maximum Gasteiger partial charge on any atom is 0.390 e. The molecule has 118 valence electrons. The monoisotopic (exact) mass is 307 g/mol. The zero-order chi connectivity index (χ0) is 16.2. The largest absolute Gasteiger partial charge is 0.390 e. The molecule has 0 amide bonds. The van der Waals surface area contributed by atoms with Crippen LogP contribution >= 0.6 is 0 Å². The van der Waals surface area contributed by atoms with Crippen LogP contribution in [0.25, 0.3) is 0 Å². The summed E-state index contributed by atoms with van der Waals surface area (Å²) in [6.45, 7) is 3.27. The second-order valence-electron chi connectivity index (χ2n) is 4.38. The van der Waals surface area contributed by atoms with Gasteiger partial charge in [0.25, 0.3) is 0 Å². The summed E-state index contributed by atoms with van der Waals surface area (Å²) >= 11 is 0. The average Bonchev–Trinajstić information content (AvgIpc) is 2.34. The first-order valence-corrected chi connectivity index (χ1v) is 6.20. The van der Waals surface area contributed by atoms with E-state index in [4.69, 9.17) is 0 Å². The molecule has 0 spiro atoms. The topological polar surface area (TPSA) is 84.2 Å². The van der Waals surface area contributed by atoms with Crippen molar-refractivity contribution in [1.82, 2.24) is 9.97 Å². The Morgan fingerprint density at radius 1 is 1.38 bits per heavy atom. The van der Waals surface area contributed by atoms with Crippen LogP contribution in [0.15, 0.2) is 0 Å². The van der Waals surface area contributed by atoms with Crippen molar-refractivity contribution in [3.8, 4) is 0 Å². The maximum atomic E-state index is 12.3. The Labute approximate surface area is 119 Å². The van der Waals surface area contributed by atoms with Gasteiger partial charge in [0.05, 0.1) is 11.3 Å². The Morgan fingerprint density at radius 2 is 2.00 bits per heavy atom. The van der Waals surface area contributed by atoms with Crippen LogP contribution in [0.5, 0.6) is 0 Å². The third-order valence-electron chi connectivity index (χ3n) is 2.65. The fourth-order valence-electron chi connectivity index (χ4n) is 1.67. The van der Waals surface area contributed by atoms with Gasteiger partial charge in [0.2, 0.25) is 11.8 Å². The normalized spacial score (nSPS) is 11.3. The van der Waals surface area contributed by atoms with Crippen LogP contribution in [-0.2, 0) is 0 Å². The zero-order valence-electron chi connectivity index (χ0n) is 11.9. The van der Waals surface area contributed by atoms with Crippen LogP contribution in [0.2, 0.25) is 0 Å². The number of alkyl halides is 3.